The summed E-state index contributed by atoms with van der Waals surface area (Å²) in [5, 5.41) is 12.0. The van der Waals surface area contributed by atoms with E-state index in [9.17, 15) is 5.11 Å². The Morgan fingerprint density at radius 3 is 2.33 bits per heavy atom. The van der Waals surface area contributed by atoms with Crippen LogP contribution in [0.15, 0.2) is 48.5 Å². The number of aliphatic hydroxyl groups is 1. The van der Waals surface area contributed by atoms with Gasteiger partial charge in [-0.15, -0.1) is 0 Å². The van der Waals surface area contributed by atoms with E-state index in [-0.39, 0.29) is 0 Å². The zero-order chi connectivity index (χ0) is 18.9. The first-order valence-electron chi connectivity index (χ1n) is 10.1. The van der Waals surface area contributed by atoms with Crippen molar-refractivity contribution in [1.29, 1.82) is 0 Å². The number of nitrogens with zero attached hydrogens (tertiary/aromatic N) is 3. The fourth-order valence-electron chi connectivity index (χ4n) is 4.60. The minimum atomic E-state index is -0.926. The summed E-state index contributed by atoms with van der Waals surface area (Å²) >= 11 is 0. The Morgan fingerprint density at radius 1 is 0.889 bits per heavy atom. The van der Waals surface area contributed by atoms with Crippen LogP contribution >= 0.6 is 0 Å². The second-order valence-corrected chi connectivity index (χ2v) is 8.14. The molecule has 2 aromatic carbocycles. The summed E-state index contributed by atoms with van der Waals surface area (Å²) in [6.45, 7) is 6.42. The number of hydrogen-bond acceptors (Lipinski definition) is 4. The van der Waals surface area contributed by atoms with Gasteiger partial charge >= 0.3 is 0 Å². The van der Waals surface area contributed by atoms with Crippen molar-refractivity contribution in [2.24, 2.45) is 0 Å². The van der Waals surface area contributed by atoms with Gasteiger partial charge in [0.2, 0.25) is 0 Å². The quantitative estimate of drug-likeness (QED) is 0.902. The molecule has 0 spiro atoms. The van der Waals surface area contributed by atoms with Crippen molar-refractivity contribution in [2.75, 3.05) is 51.7 Å². The number of para-hydroxylation sites is 1. The Balaban J connectivity index is 1.60. The summed E-state index contributed by atoms with van der Waals surface area (Å²) in [5.74, 6) is 0. The van der Waals surface area contributed by atoms with Crippen molar-refractivity contribution in [3.8, 4) is 0 Å². The molecule has 0 saturated carbocycles. The summed E-state index contributed by atoms with van der Waals surface area (Å²) in [6.07, 6.45) is 1.74. The van der Waals surface area contributed by atoms with Crippen LogP contribution in [0.4, 0.5) is 5.69 Å². The zero-order valence-corrected chi connectivity index (χ0v) is 16.6. The number of benzene rings is 2. The van der Waals surface area contributed by atoms with Gasteiger partial charge < -0.3 is 19.8 Å². The van der Waals surface area contributed by atoms with Gasteiger partial charge in [0.25, 0.3) is 0 Å². The Hall–Kier alpha value is -1.88. The second kappa shape index (κ2) is 7.63. The van der Waals surface area contributed by atoms with Crippen molar-refractivity contribution in [1.82, 2.24) is 9.80 Å². The third kappa shape index (κ3) is 3.62. The molecule has 4 heteroatoms. The van der Waals surface area contributed by atoms with Crippen molar-refractivity contribution in [3.63, 3.8) is 0 Å². The van der Waals surface area contributed by atoms with Gasteiger partial charge in [-0.2, -0.15) is 0 Å². The van der Waals surface area contributed by atoms with Gasteiger partial charge in [0.05, 0.1) is 0 Å². The highest BCUT2D eigenvalue weighted by atomic mass is 16.3. The van der Waals surface area contributed by atoms with Crippen molar-refractivity contribution >= 4 is 5.69 Å². The highest BCUT2D eigenvalue weighted by Gasteiger charge is 2.38. The lowest BCUT2D eigenvalue weighted by molar-refractivity contribution is 0.0622. The zero-order valence-electron chi connectivity index (χ0n) is 16.6. The van der Waals surface area contributed by atoms with Crippen molar-refractivity contribution in [2.45, 2.75) is 25.0 Å². The summed E-state index contributed by atoms with van der Waals surface area (Å²) in [5.41, 5.74) is 3.54. The third-order valence-corrected chi connectivity index (χ3v) is 6.24. The van der Waals surface area contributed by atoms with Crippen LogP contribution < -0.4 is 4.90 Å². The number of piperazine rings is 1. The van der Waals surface area contributed by atoms with Gasteiger partial charge in [-0.1, -0.05) is 42.5 Å². The van der Waals surface area contributed by atoms with Crippen molar-refractivity contribution < 1.29 is 5.11 Å². The van der Waals surface area contributed by atoms with E-state index in [0.717, 1.165) is 68.9 Å². The second-order valence-electron chi connectivity index (χ2n) is 8.14. The van der Waals surface area contributed by atoms with Crippen molar-refractivity contribution in [3.05, 3.63) is 65.2 Å². The highest BCUT2D eigenvalue weighted by Crippen LogP contribution is 2.43. The average Bonchev–Trinajstić information content (AvgIpc) is 2.78. The monoisotopic (exact) mass is 365 g/mol. The van der Waals surface area contributed by atoms with E-state index in [1.807, 2.05) is 6.07 Å². The van der Waals surface area contributed by atoms with Gasteiger partial charge in [0, 0.05) is 51.0 Å². The maximum Gasteiger partial charge on any atom is 0.117 e. The molecule has 0 aliphatic carbocycles. The molecule has 1 atom stereocenters. The lowest BCUT2D eigenvalue weighted by Gasteiger charge is -2.34. The van der Waals surface area contributed by atoms with Gasteiger partial charge in [-0.25, -0.2) is 0 Å². The molecule has 2 heterocycles. The van der Waals surface area contributed by atoms with Crippen LogP contribution in [0.2, 0.25) is 0 Å². The normalized spacial score (nSPS) is 23.6. The fraction of sp³-hybridized carbons (Fsp3) is 0.478. The molecular formula is C23H31N3O. The van der Waals surface area contributed by atoms with Crippen LogP contribution in [0.25, 0.3) is 0 Å². The maximum absolute atomic E-state index is 12.0. The summed E-state index contributed by atoms with van der Waals surface area (Å²) in [4.78, 5) is 7.17. The minimum absolute atomic E-state index is 0.751. The number of hydrogen-bond donors (Lipinski definition) is 1. The number of likely N-dealkylation sites (N-methyl/N-ethyl adjacent to an activating group) is 1. The predicted molar refractivity (Wildman–Crippen MR) is 111 cm³/mol. The fourth-order valence-corrected chi connectivity index (χ4v) is 4.60. The molecule has 0 amide bonds. The molecule has 0 radical (unpaired) electrons. The van der Waals surface area contributed by atoms with Crippen LogP contribution in [-0.4, -0.2) is 61.7 Å². The lowest BCUT2D eigenvalue weighted by Crippen LogP contribution is -2.45. The molecule has 0 bridgehead atoms. The largest absolute Gasteiger partial charge is 0.380 e. The van der Waals surface area contributed by atoms with Crippen LogP contribution in [0.1, 0.15) is 29.5 Å². The van der Waals surface area contributed by atoms with E-state index in [4.69, 9.17) is 0 Å². The molecular weight excluding hydrogens is 334 g/mol. The highest BCUT2D eigenvalue weighted by molar-refractivity contribution is 5.61. The molecule has 1 fully saturated rings. The van der Waals surface area contributed by atoms with Crippen LogP contribution in [-0.2, 0) is 12.1 Å². The van der Waals surface area contributed by atoms with E-state index >= 15 is 0 Å². The number of fused-ring (bicyclic) bond motifs is 2. The topological polar surface area (TPSA) is 30.0 Å². The first-order chi connectivity index (χ1) is 13.1. The molecule has 4 nitrogen and oxygen atoms in total. The van der Waals surface area contributed by atoms with Gasteiger partial charge in [0.1, 0.15) is 5.60 Å². The predicted octanol–water partition coefficient (Wildman–Crippen LogP) is 2.90. The Labute approximate surface area is 163 Å². The van der Waals surface area contributed by atoms with Gasteiger partial charge in [-0.05, 0) is 43.6 Å². The molecule has 2 aliphatic rings. The maximum atomic E-state index is 12.0. The first kappa shape index (κ1) is 18.5. The van der Waals surface area contributed by atoms with E-state index in [0.29, 0.717) is 0 Å². The van der Waals surface area contributed by atoms with Gasteiger partial charge in [-0.3, -0.25) is 0 Å². The Morgan fingerprint density at radius 2 is 1.56 bits per heavy atom. The molecule has 1 unspecified atom stereocenters. The van der Waals surface area contributed by atoms with E-state index < -0.39 is 5.60 Å². The van der Waals surface area contributed by atoms with Crippen LogP contribution in [0.5, 0.6) is 0 Å². The molecule has 0 aromatic heterocycles. The molecule has 2 aromatic rings. The Kier molecular flexibility index (Phi) is 5.22. The van der Waals surface area contributed by atoms with Crippen LogP contribution in [0.3, 0.4) is 0 Å². The molecule has 1 N–H and O–H groups in total. The SMILES string of the molecule is CN1CCN(CCCC2(O)c3ccccc3CN(C)c3ccccc32)CC1. The Bertz CT molecular complexity index is 785. The lowest BCUT2D eigenvalue weighted by atomic mass is 9.80. The van der Waals surface area contributed by atoms with Gasteiger partial charge in [0.15, 0.2) is 0 Å². The molecule has 1 saturated heterocycles. The number of anilines is 1. The van der Waals surface area contributed by atoms with E-state index in [1.165, 1.54) is 5.56 Å². The smallest absolute Gasteiger partial charge is 0.117 e. The average molecular weight is 366 g/mol. The number of rotatable bonds is 4. The first-order valence-corrected chi connectivity index (χ1v) is 10.1. The van der Waals surface area contributed by atoms with E-state index in [1.54, 1.807) is 0 Å². The summed E-state index contributed by atoms with van der Waals surface area (Å²) in [7, 11) is 4.31. The molecule has 144 valence electrons. The van der Waals surface area contributed by atoms with E-state index in [2.05, 4.69) is 71.3 Å². The van der Waals surface area contributed by atoms with Crippen LogP contribution in [0, 0.1) is 0 Å². The molecule has 2 aliphatic heterocycles. The standard InChI is InChI=1S/C23H31N3O/c1-24-14-16-26(17-15-24)13-7-12-23(27)20-9-4-3-8-19(20)18-25(2)22-11-6-5-10-21(22)23/h3-6,8-11,27H,7,12-18H2,1-2H3. The molecule has 4 rings (SSSR count). The summed E-state index contributed by atoms with van der Waals surface area (Å²) in [6, 6.07) is 16.7. The molecule has 27 heavy (non-hydrogen) atoms. The summed E-state index contributed by atoms with van der Waals surface area (Å²) < 4.78 is 0. The third-order valence-electron chi connectivity index (χ3n) is 6.24. The minimum Gasteiger partial charge on any atom is -0.380 e.